The predicted molar refractivity (Wildman–Crippen MR) is 197 cm³/mol. The summed E-state index contributed by atoms with van der Waals surface area (Å²) in [5.41, 5.74) is 16.9. The Hall–Kier alpha value is -6.72. The Morgan fingerprint density at radius 2 is 0.640 bits per heavy atom. The van der Waals surface area contributed by atoms with Gasteiger partial charge in [0.2, 0.25) is 0 Å². The summed E-state index contributed by atoms with van der Waals surface area (Å²) >= 11 is 0. The van der Waals surface area contributed by atoms with Crippen molar-refractivity contribution in [2.75, 3.05) is 0 Å². The lowest BCUT2D eigenvalue weighted by molar-refractivity contribution is 0.660. The van der Waals surface area contributed by atoms with E-state index in [9.17, 15) is 21.0 Å². The van der Waals surface area contributed by atoms with Crippen molar-refractivity contribution >= 4 is 0 Å². The first-order chi connectivity index (χ1) is 24.0. The van der Waals surface area contributed by atoms with E-state index in [0.717, 1.165) is 55.6 Å². The van der Waals surface area contributed by atoms with Crippen molar-refractivity contribution < 1.29 is 0 Å². The molecule has 0 atom stereocenters. The van der Waals surface area contributed by atoms with Crippen LogP contribution in [0.3, 0.4) is 0 Å². The highest BCUT2D eigenvalue weighted by Gasteiger charge is 2.37. The van der Waals surface area contributed by atoms with Crippen LogP contribution in [0.2, 0.25) is 0 Å². The summed E-state index contributed by atoms with van der Waals surface area (Å²) in [5, 5.41) is 38.8. The molecule has 2 aliphatic rings. The molecule has 8 rings (SSSR count). The predicted octanol–water partition coefficient (Wildman–Crippen LogP) is 10.8. The maximum Gasteiger partial charge on any atom is 0.0992 e. The molecular weight excluding hydrogens is 609 g/mol. The molecule has 0 aliphatic heterocycles. The Labute approximate surface area is 292 Å². The van der Waals surface area contributed by atoms with Crippen LogP contribution < -0.4 is 0 Å². The zero-order valence-electron chi connectivity index (χ0n) is 28.2. The molecule has 0 heterocycles. The normalized spacial score (nSPS) is 13.8. The third kappa shape index (κ3) is 4.55. The van der Waals surface area contributed by atoms with Crippen molar-refractivity contribution in [1.82, 2.24) is 0 Å². The molecule has 0 unspecified atom stereocenters. The number of benzene rings is 6. The van der Waals surface area contributed by atoms with Gasteiger partial charge < -0.3 is 0 Å². The van der Waals surface area contributed by atoms with Gasteiger partial charge in [0, 0.05) is 10.8 Å². The Kier molecular flexibility index (Phi) is 6.67. The average molecular weight is 639 g/mol. The minimum Gasteiger partial charge on any atom is -0.192 e. The molecule has 6 aromatic rings. The molecule has 0 N–H and O–H groups in total. The Balaban J connectivity index is 1.31. The second-order valence-corrected chi connectivity index (χ2v) is 14.3. The van der Waals surface area contributed by atoms with Crippen LogP contribution in [0.5, 0.6) is 0 Å². The van der Waals surface area contributed by atoms with Crippen LogP contribution in [0.4, 0.5) is 0 Å². The van der Waals surface area contributed by atoms with Gasteiger partial charge in [-0.25, -0.2) is 0 Å². The van der Waals surface area contributed by atoms with Gasteiger partial charge in [0.25, 0.3) is 0 Å². The molecule has 0 aromatic heterocycles. The largest absolute Gasteiger partial charge is 0.192 e. The molecular formula is C46H30N4. The molecule has 0 saturated heterocycles. The molecule has 50 heavy (non-hydrogen) atoms. The molecule has 0 bridgehead atoms. The number of rotatable bonds is 3. The minimum absolute atomic E-state index is 0.289. The van der Waals surface area contributed by atoms with Crippen molar-refractivity contribution in [3.8, 4) is 79.9 Å². The maximum absolute atomic E-state index is 9.79. The van der Waals surface area contributed by atoms with E-state index in [1.54, 1.807) is 6.07 Å². The van der Waals surface area contributed by atoms with Crippen molar-refractivity contribution in [1.29, 1.82) is 21.0 Å². The minimum atomic E-state index is -0.289. The van der Waals surface area contributed by atoms with E-state index in [1.165, 1.54) is 22.3 Å². The third-order valence-corrected chi connectivity index (χ3v) is 10.7. The van der Waals surface area contributed by atoms with Gasteiger partial charge in [-0.15, -0.1) is 0 Å². The second-order valence-electron chi connectivity index (χ2n) is 14.3. The smallest absolute Gasteiger partial charge is 0.0992 e. The molecule has 0 radical (unpaired) electrons. The standard InChI is InChI=1S/C46H30N4/c1-45(2)41-16-27(23-47)5-9-37(41)39-11-7-31(21-43(39)45)34-18-35(20-36(19-34)33-14-29(25-49)13-30(15-33)26-50)32-8-12-40-38-10-6-28(24-48)17-42(38)46(3,4)44(40)22-32/h5-22H,1-4H3. The van der Waals surface area contributed by atoms with Crippen LogP contribution in [-0.2, 0) is 10.8 Å². The van der Waals surface area contributed by atoms with Crippen molar-refractivity contribution in [3.05, 3.63) is 154 Å². The SMILES string of the molecule is CC1(C)c2cc(C#N)ccc2-c2ccc(-c3cc(-c4cc(C#N)cc(C#N)c4)cc(-c4ccc5c(c4)C(C)(C)c4cc(C#N)ccc4-5)c3)cc21. The summed E-state index contributed by atoms with van der Waals surface area (Å²) in [6, 6.07) is 46.0. The molecule has 234 valence electrons. The fraction of sp³-hybridized carbons (Fsp3) is 0.130. The number of fused-ring (bicyclic) bond motifs is 6. The fourth-order valence-corrected chi connectivity index (χ4v) is 8.02. The van der Waals surface area contributed by atoms with Gasteiger partial charge in [0.1, 0.15) is 0 Å². The van der Waals surface area contributed by atoms with Crippen molar-refractivity contribution in [2.24, 2.45) is 0 Å². The summed E-state index contributed by atoms with van der Waals surface area (Å²) in [5.74, 6) is 0. The van der Waals surface area contributed by atoms with Gasteiger partial charge in [-0.3, -0.25) is 0 Å². The van der Waals surface area contributed by atoms with Crippen LogP contribution in [0.25, 0.3) is 55.6 Å². The molecule has 0 saturated carbocycles. The van der Waals surface area contributed by atoms with Crippen LogP contribution in [-0.4, -0.2) is 0 Å². The summed E-state index contributed by atoms with van der Waals surface area (Å²) in [6.45, 7) is 8.85. The zero-order chi connectivity index (χ0) is 34.9. The lowest BCUT2D eigenvalue weighted by Gasteiger charge is -2.23. The molecule has 0 spiro atoms. The molecule has 4 nitrogen and oxygen atoms in total. The lowest BCUT2D eigenvalue weighted by atomic mass is 9.80. The number of hydrogen-bond donors (Lipinski definition) is 0. The van der Waals surface area contributed by atoms with E-state index < -0.39 is 0 Å². The fourth-order valence-electron chi connectivity index (χ4n) is 8.02. The first-order valence-corrected chi connectivity index (χ1v) is 16.6. The molecule has 4 heteroatoms. The Morgan fingerprint density at radius 3 is 1.02 bits per heavy atom. The van der Waals surface area contributed by atoms with Gasteiger partial charge >= 0.3 is 0 Å². The van der Waals surface area contributed by atoms with Gasteiger partial charge in [-0.1, -0.05) is 64.1 Å². The van der Waals surface area contributed by atoms with Gasteiger partial charge in [0.05, 0.1) is 46.5 Å². The Bertz CT molecular complexity index is 2470. The summed E-state index contributed by atoms with van der Waals surface area (Å²) in [4.78, 5) is 0. The number of nitrogens with zero attached hydrogens (tertiary/aromatic N) is 4. The van der Waals surface area contributed by atoms with E-state index in [0.29, 0.717) is 22.3 Å². The van der Waals surface area contributed by atoms with Crippen LogP contribution in [0.1, 0.15) is 72.2 Å². The first kappa shape index (κ1) is 30.6. The van der Waals surface area contributed by atoms with Crippen LogP contribution >= 0.6 is 0 Å². The van der Waals surface area contributed by atoms with Crippen LogP contribution in [0, 0.1) is 45.3 Å². The maximum atomic E-state index is 9.79. The van der Waals surface area contributed by atoms with Crippen molar-refractivity contribution in [3.63, 3.8) is 0 Å². The zero-order valence-corrected chi connectivity index (χ0v) is 28.2. The van der Waals surface area contributed by atoms with E-state index in [1.807, 2.05) is 36.4 Å². The summed E-state index contributed by atoms with van der Waals surface area (Å²) < 4.78 is 0. The highest BCUT2D eigenvalue weighted by atomic mass is 14.4. The topological polar surface area (TPSA) is 95.2 Å². The van der Waals surface area contributed by atoms with Crippen LogP contribution in [0.15, 0.2) is 109 Å². The average Bonchev–Trinajstić information content (AvgIpc) is 3.52. The Morgan fingerprint density at radius 1 is 0.320 bits per heavy atom. The number of nitriles is 4. The van der Waals surface area contributed by atoms with Gasteiger partial charge in [-0.2, -0.15) is 21.0 Å². The third-order valence-electron chi connectivity index (χ3n) is 10.7. The quantitative estimate of drug-likeness (QED) is 0.193. The highest BCUT2D eigenvalue weighted by Crippen LogP contribution is 2.52. The molecule has 6 aromatic carbocycles. The second kappa shape index (κ2) is 10.9. The van der Waals surface area contributed by atoms with E-state index >= 15 is 0 Å². The molecule has 0 fully saturated rings. The monoisotopic (exact) mass is 638 g/mol. The highest BCUT2D eigenvalue weighted by molar-refractivity contribution is 5.89. The van der Waals surface area contributed by atoms with Gasteiger partial charge in [-0.05, 0) is 151 Å². The molecule has 0 amide bonds. The number of hydrogen-bond acceptors (Lipinski definition) is 4. The molecule has 2 aliphatic carbocycles. The van der Waals surface area contributed by atoms with E-state index in [4.69, 9.17) is 0 Å². The van der Waals surface area contributed by atoms with E-state index in [2.05, 4.69) is 119 Å². The first-order valence-electron chi connectivity index (χ1n) is 16.6. The van der Waals surface area contributed by atoms with Gasteiger partial charge in [0.15, 0.2) is 0 Å². The summed E-state index contributed by atoms with van der Waals surface area (Å²) in [6.07, 6.45) is 0. The van der Waals surface area contributed by atoms with Crippen molar-refractivity contribution in [2.45, 2.75) is 38.5 Å². The summed E-state index contributed by atoms with van der Waals surface area (Å²) in [7, 11) is 0. The lowest BCUT2D eigenvalue weighted by Crippen LogP contribution is -2.15. The van der Waals surface area contributed by atoms with E-state index in [-0.39, 0.29) is 10.8 Å².